The standard InChI is InChI=1S/C9H18N2O2S/c1-2-14(12,13)11-5-3-4-9(8-11)6-10-7-9/h10H,2-8H2,1H3. The summed E-state index contributed by atoms with van der Waals surface area (Å²) < 4.78 is 25.1. The first-order valence-electron chi connectivity index (χ1n) is 5.27. The van der Waals surface area contributed by atoms with E-state index in [2.05, 4.69) is 5.32 Å². The minimum absolute atomic E-state index is 0.233. The Hall–Kier alpha value is -0.130. The predicted molar refractivity (Wildman–Crippen MR) is 55.6 cm³/mol. The zero-order valence-corrected chi connectivity index (χ0v) is 9.44. The van der Waals surface area contributed by atoms with Crippen molar-refractivity contribution >= 4 is 10.0 Å². The van der Waals surface area contributed by atoms with Crippen LogP contribution in [0.3, 0.4) is 0 Å². The number of nitrogens with zero attached hydrogens (tertiary/aromatic N) is 1. The van der Waals surface area contributed by atoms with Gasteiger partial charge >= 0.3 is 0 Å². The number of piperidine rings is 1. The van der Waals surface area contributed by atoms with Crippen molar-refractivity contribution in [1.82, 2.24) is 9.62 Å². The van der Waals surface area contributed by atoms with Gasteiger partial charge in [-0.15, -0.1) is 0 Å². The number of hydrogen-bond acceptors (Lipinski definition) is 3. The minimum atomic E-state index is -2.96. The van der Waals surface area contributed by atoms with Crippen LogP contribution in [0.15, 0.2) is 0 Å². The number of sulfonamides is 1. The van der Waals surface area contributed by atoms with E-state index in [0.717, 1.165) is 32.6 Å². The molecule has 0 saturated carbocycles. The molecule has 14 heavy (non-hydrogen) atoms. The van der Waals surface area contributed by atoms with Gasteiger partial charge in [-0.3, -0.25) is 0 Å². The summed E-state index contributed by atoms with van der Waals surface area (Å²) in [7, 11) is -2.96. The molecule has 0 bridgehead atoms. The van der Waals surface area contributed by atoms with Gasteiger partial charge in [0.25, 0.3) is 0 Å². The Bertz CT molecular complexity index is 309. The zero-order chi connectivity index (χ0) is 10.2. The van der Waals surface area contributed by atoms with Crippen LogP contribution < -0.4 is 5.32 Å². The van der Waals surface area contributed by atoms with Gasteiger partial charge in [-0.25, -0.2) is 12.7 Å². The van der Waals surface area contributed by atoms with Gasteiger partial charge in [0.1, 0.15) is 0 Å². The summed E-state index contributed by atoms with van der Waals surface area (Å²) in [5.41, 5.74) is 0.264. The van der Waals surface area contributed by atoms with Gasteiger partial charge in [0.05, 0.1) is 5.75 Å². The summed E-state index contributed by atoms with van der Waals surface area (Å²) in [5.74, 6) is 0.233. The Morgan fingerprint density at radius 3 is 2.64 bits per heavy atom. The molecule has 82 valence electrons. The summed E-state index contributed by atoms with van der Waals surface area (Å²) in [6, 6.07) is 0. The SMILES string of the molecule is CCS(=O)(=O)N1CCCC2(CNC2)C1. The van der Waals surface area contributed by atoms with Crippen molar-refractivity contribution in [2.75, 3.05) is 31.9 Å². The van der Waals surface area contributed by atoms with Gasteiger partial charge in [0.2, 0.25) is 10.0 Å². The third-order valence-electron chi connectivity index (χ3n) is 3.38. The van der Waals surface area contributed by atoms with Gasteiger partial charge in [-0.05, 0) is 19.8 Å². The molecular formula is C9H18N2O2S. The van der Waals surface area contributed by atoms with Crippen LogP contribution in [0.1, 0.15) is 19.8 Å². The van der Waals surface area contributed by atoms with E-state index in [0.29, 0.717) is 0 Å². The summed E-state index contributed by atoms with van der Waals surface area (Å²) >= 11 is 0. The van der Waals surface area contributed by atoms with Crippen molar-refractivity contribution in [2.24, 2.45) is 5.41 Å². The third-order valence-corrected chi connectivity index (χ3v) is 5.21. The lowest BCUT2D eigenvalue weighted by Gasteiger charge is -2.48. The summed E-state index contributed by atoms with van der Waals surface area (Å²) in [5, 5.41) is 3.24. The van der Waals surface area contributed by atoms with E-state index in [9.17, 15) is 8.42 Å². The highest BCUT2D eigenvalue weighted by Gasteiger charge is 2.43. The van der Waals surface area contributed by atoms with Crippen LogP contribution in [0.2, 0.25) is 0 Å². The molecule has 0 radical (unpaired) electrons. The molecular weight excluding hydrogens is 200 g/mol. The molecule has 2 aliphatic heterocycles. The summed E-state index contributed by atoms with van der Waals surface area (Å²) in [6.07, 6.45) is 2.19. The molecule has 2 saturated heterocycles. The fourth-order valence-corrected chi connectivity index (χ4v) is 3.59. The number of rotatable bonds is 2. The number of nitrogens with one attached hydrogen (secondary N) is 1. The molecule has 4 nitrogen and oxygen atoms in total. The van der Waals surface area contributed by atoms with Crippen LogP contribution in [0.25, 0.3) is 0 Å². The first-order valence-corrected chi connectivity index (χ1v) is 6.87. The van der Waals surface area contributed by atoms with Crippen molar-refractivity contribution in [3.8, 4) is 0 Å². The Balaban J connectivity index is 2.08. The normalized spacial score (nSPS) is 27.5. The van der Waals surface area contributed by atoms with Crippen molar-refractivity contribution in [3.05, 3.63) is 0 Å². The maximum absolute atomic E-state index is 11.7. The molecule has 1 N–H and O–H groups in total. The molecule has 0 aromatic rings. The van der Waals surface area contributed by atoms with E-state index in [1.54, 1.807) is 11.2 Å². The molecule has 2 rings (SSSR count). The monoisotopic (exact) mass is 218 g/mol. The first-order chi connectivity index (χ1) is 6.58. The maximum atomic E-state index is 11.7. The van der Waals surface area contributed by atoms with Gasteiger partial charge in [-0.1, -0.05) is 0 Å². The summed E-state index contributed by atoms with van der Waals surface area (Å²) in [6.45, 7) is 5.15. The van der Waals surface area contributed by atoms with Gasteiger partial charge in [0, 0.05) is 31.6 Å². The Labute approximate surface area is 85.7 Å². The molecule has 1 spiro atoms. The molecule has 0 atom stereocenters. The molecule has 2 aliphatic rings. The van der Waals surface area contributed by atoms with Crippen LogP contribution in [-0.4, -0.2) is 44.7 Å². The van der Waals surface area contributed by atoms with Gasteiger partial charge in [0.15, 0.2) is 0 Å². The molecule has 2 fully saturated rings. The predicted octanol–water partition coefficient (Wildman–Crippen LogP) is 0.0215. The van der Waals surface area contributed by atoms with Crippen LogP contribution in [-0.2, 0) is 10.0 Å². The Morgan fingerprint density at radius 1 is 1.43 bits per heavy atom. The minimum Gasteiger partial charge on any atom is -0.315 e. The smallest absolute Gasteiger partial charge is 0.213 e. The van der Waals surface area contributed by atoms with Gasteiger partial charge in [-0.2, -0.15) is 0 Å². The van der Waals surface area contributed by atoms with Gasteiger partial charge < -0.3 is 5.32 Å². The topological polar surface area (TPSA) is 49.4 Å². The lowest BCUT2D eigenvalue weighted by molar-refractivity contribution is 0.0817. The average molecular weight is 218 g/mol. The third kappa shape index (κ3) is 1.68. The lowest BCUT2D eigenvalue weighted by Crippen LogP contribution is -2.61. The molecule has 0 aromatic carbocycles. The van der Waals surface area contributed by atoms with Crippen LogP contribution in [0.5, 0.6) is 0 Å². The second-order valence-corrected chi connectivity index (χ2v) is 6.70. The lowest BCUT2D eigenvalue weighted by atomic mass is 9.76. The second-order valence-electron chi connectivity index (χ2n) is 4.44. The quantitative estimate of drug-likeness (QED) is 0.711. The Kier molecular flexibility index (Phi) is 2.57. The fraction of sp³-hybridized carbons (Fsp3) is 1.00. The van der Waals surface area contributed by atoms with E-state index < -0.39 is 10.0 Å². The maximum Gasteiger partial charge on any atom is 0.213 e. The van der Waals surface area contributed by atoms with Crippen LogP contribution >= 0.6 is 0 Å². The molecule has 0 aliphatic carbocycles. The highest BCUT2D eigenvalue weighted by atomic mass is 32.2. The highest BCUT2D eigenvalue weighted by molar-refractivity contribution is 7.89. The largest absolute Gasteiger partial charge is 0.315 e. The Morgan fingerprint density at radius 2 is 2.14 bits per heavy atom. The van der Waals surface area contributed by atoms with Crippen molar-refractivity contribution in [1.29, 1.82) is 0 Å². The van der Waals surface area contributed by atoms with Crippen LogP contribution in [0.4, 0.5) is 0 Å². The fourth-order valence-electron chi connectivity index (χ4n) is 2.35. The van der Waals surface area contributed by atoms with E-state index in [1.165, 1.54) is 6.42 Å². The van der Waals surface area contributed by atoms with Crippen LogP contribution in [0, 0.1) is 5.41 Å². The van der Waals surface area contributed by atoms with Crippen molar-refractivity contribution in [2.45, 2.75) is 19.8 Å². The molecule has 5 heteroatoms. The molecule has 0 amide bonds. The molecule has 0 unspecified atom stereocenters. The first kappa shape index (κ1) is 10.4. The van der Waals surface area contributed by atoms with Crippen molar-refractivity contribution in [3.63, 3.8) is 0 Å². The van der Waals surface area contributed by atoms with Crippen molar-refractivity contribution < 1.29 is 8.42 Å². The molecule has 0 aromatic heterocycles. The average Bonchev–Trinajstić information content (AvgIpc) is 2.16. The van der Waals surface area contributed by atoms with E-state index in [-0.39, 0.29) is 11.2 Å². The molecule has 2 heterocycles. The zero-order valence-electron chi connectivity index (χ0n) is 8.62. The van der Waals surface area contributed by atoms with E-state index in [4.69, 9.17) is 0 Å². The highest BCUT2D eigenvalue weighted by Crippen LogP contribution is 2.34. The van der Waals surface area contributed by atoms with E-state index >= 15 is 0 Å². The van der Waals surface area contributed by atoms with E-state index in [1.807, 2.05) is 0 Å². The number of hydrogen-bond donors (Lipinski definition) is 1. The second kappa shape index (κ2) is 3.47. The summed E-state index contributed by atoms with van der Waals surface area (Å²) in [4.78, 5) is 0.